The van der Waals surface area contributed by atoms with Crippen molar-refractivity contribution in [1.29, 1.82) is 0 Å². The van der Waals surface area contributed by atoms with Crippen molar-refractivity contribution in [3.05, 3.63) is 156 Å². The molecule has 0 aromatic heterocycles. The Balaban J connectivity index is 1.23. The third-order valence-corrected chi connectivity index (χ3v) is 8.74. The molecule has 0 amide bonds. The van der Waals surface area contributed by atoms with Crippen molar-refractivity contribution in [3.8, 4) is 45.6 Å². The van der Waals surface area contributed by atoms with E-state index in [1.54, 1.807) is 0 Å². The average Bonchev–Trinajstić information content (AvgIpc) is 3.13. The molecule has 0 aliphatic carbocycles. The molecule has 15 rings (SSSR count). The van der Waals surface area contributed by atoms with Crippen LogP contribution in [0.2, 0.25) is 0 Å². The van der Waals surface area contributed by atoms with Crippen LogP contribution in [0.1, 0.15) is 22.3 Å². The number of ether oxygens (including phenoxy) is 4. The van der Waals surface area contributed by atoms with Crippen LogP contribution in [0.4, 0.5) is 0 Å². The van der Waals surface area contributed by atoms with Crippen LogP contribution in [0.5, 0.6) is 34.5 Å². The Morgan fingerprint density at radius 1 is 0.396 bits per heavy atom. The quantitative estimate of drug-likeness (QED) is 0.162. The summed E-state index contributed by atoms with van der Waals surface area (Å²) in [6.45, 7) is 0.871. The Morgan fingerprint density at radius 3 is 1.25 bits per heavy atom. The highest BCUT2D eigenvalue weighted by Crippen LogP contribution is 2.46. The Kier molecular flexibility index (Phi) is 7.67. The van der Waals surface area contributed by atoms with Crippen molar-refractivity contribution < 1.29 is 29.2 Å². The van der Waals surface area contributed by atoms with Gasteiger partial charge in [0.05, 0.1) is 0 Å². The summed E-state index contributed by atoms with van der Waals surface area (Å²) in [6.07, 6.45) is 0. The van der Waals surface area contributed by atoms with Crippen LogP contribution in [-0.2, 0) is 26.4 Å². The molecule has 0 atom stereocenters. The highest BCUT2D eigenvalue weighted by atomic mass is 16.5. The maximum Gasteiger partial charge on any atom is 0.128 e. The second-order valence-electron chi connectivity index (χ2n) is 11.9. The van der Waals surface area contributed by atoms with E-state index in [-0.39, 0.29) is 24.7 Å². The van der Waals surface area contributed by atoms with Gasteiger partial charge in [-0.15, -0.1) is 0 Å². The van der Waals surface area contributed by atoms with Crippen molar-refractivity contribution in [3.63, 3.8) is 0 Å². The molecule has 7 aromatic rings. The molecule has 0 radical (unpaired) electrons. The van der Waals surface area contributed by atoms with E-state index in [0.29, 0.717) is 35.8 Å². The molecule has 8 heterocycles. The smallest absolute Gasteiger partial charge is 0.128 e. The monoisotopic (exact) mass is 632 g/mol. The summed E-state index contributed by atoms with van der Waals surface area (Å²) in [5, 5.41) is 25.7. The molecule has 7 aromatic carbocycles. The number of rotatable bonds is 0. The van der Waals surface area contributed by atoms with Gasteiger partial charge in [0, 0.05) is 22.3 Å². The highest BCUT2D eigenvalue weighted by Gasteiger charge is 2.20. The van der Waals surface area contributed by atoms with E-state index in [1.165, 1.54) is 12.1 Å². The third-order valence-electron chi connectivity index (χ3n) is 8.74. The second kappa shape index (κ2) is 12.6. The molecular formula is C42H32O6. The molecule has 48 heavy (non-hydrogen) atoms. The van der Waals surface area contributed by atoms with E-state index < -0.39 is 0 Å². The molecule has 0 spiro atoms. The van der Waals surface area contributed by atoms with Crippen LogP contribution in [0.25, 0.3) is 32.7 Å². The van der Waals surface area contributed by atoms with Crippen LogP contribution in [-0.4, -0.2) is 10.2 Å². The summed E-state index contributed by atoms with van der Waals surface area (Å²) in [7, 11) is 0. The molecule has 8 aliphatic heterocycles. The van der Waals surface area contributed by atoms with E-state index in [2.05, 4.69) is 48.5 Å². The van der Waals surface area contributed by atoms with Crippen molar-refractivity contribution in [2.24, 2.45) is 0 Å². The third kappa shape index (κ3) is 5.80. The maximum absolute atomic E-state index is 10.7. The lowest BCUT2D eigenvalue weighted by molar-refractivity contribution is 0.288. The second-order valence-corrected chi connectivity index (χ2v) is 11.9. The van der Waals surface area contributed by atoms with Gasteiger partial charge in [-0.2, -0.15) is 0 Å². The summed E-state index contributed by atoms with van der Waals surface area (Å²) >= 11 is 0. The molecule has 2 N–H and O–H groups in total. The normalized spacial score (nSPS) is 13.1. The minimum absolute atomic E-state index is 0.0256. The summed E-state index contributed by atoms with van der Waals surface area (Å²) < 4.78 is 25.1. The predicted molar refractivity (Wildman–Crippen MR) is 187 cm³/mol. The van der Waals surface area contributed by atoms with Crippen LogP contribution in [0, 0.1) is 0 Å². The molecule has 8 aliphatic rings. The fraction of sp³-hybridized carbons (Fsp3) is 0.0952. The molecule has 0 saturated heterocycles. The number of fused-ring (bicyclic) bond motifs is 2. The summed E-state index contributed by atoms with van der Waals surface area (Å²) in [5.74, 6) is 2.82. The first-order chi connectivity index (χ1) is 23.6. The number of benzene rings is 7. The Bertz CT molecular complexity index is 2100. The fourth-order valence-electron chi connectivity index (χ4n) is 6.16. The van der Waals surface area contributed by atoms with Crippen LogP contribution in [0.15, 0.2) is 133 Å². The maximum atomic E-state index is 10.7. The van der Waals surface area contributed by atoms with Gasteiger partial charge in [0.2, 0.25) is 0 Å². The van der Waals surface area contributed by atoms with Gasteiger partial charge >= 0.3 is 0 Å². The summed E-state index contributed by atoms with van der Waals surface area (Å²) in [5.41, 5.74) is 4.84. The Morgan fingerprint density at radius 2 is 0.812 bits per heavy atom. The van der Waals surface area contributed by atoms with Crippen molar-refractivity contribution >= 4 is 21.5 Å². The highest BCUT2D eigenvalue weighted by molar-refractivity contribution is 6.09. The molecular weight excluding hydrogens is 600 g/mol. The zero-order chi connectivity index (χ0) is 32.5. The van der Waals surface area contributed by atoms with E-state index in [9.17, 15) is 10.2 Å². The largest absolute Gasteiger partial charge is 0.508 e. The lowest BCUT2D eigenvalue weighted by Gasteiger charge is -2.20. The predicted octanol–water partition coefficient (Wildman–Crippen LogP) is 9.70. The number of hydrogen-bond donors (Lipinski definition) is 2. The van der Waals surface area contributed by atoms with Gasteiger partial charge in [0.1, 0.15) is 60.9 Å². The fourth-order valence-corrected chi connectivity index (χ4v) is 6.16. The van der Waals surface area contributed by atoms with Gasteiger partial charge in [-0.25, -0.2) is 0 Å². The molecule has 6 heteroatoms. The Hall–Kier alpha value is -6.14. The standard InChI is InChI=1S/C42H32O6/c43-37-22-32-26-46-34-17-11-28(12-18-34)24-48-40-20-14-30-6-2-4-8-36(30)42(40)41-35-7-3-1-5-29(35)13-19-39(41)47-23-27-9-15-33(16-10-27)45-25-31(37)21-38(32)44/h1-22,43-44H,23-26H2. The Labute approximate surface area is 278 Å². The van der Waals surface area contributed by atoms with Crippen molar-refractivity contribution in [2.75, 3.05) is 0 Å². The summed E-state index contributed by atoms with van der Waals surface area (Å²) in [6, 6.07) is 43.3. The first-order valence-electron chi connectivity index (χ1n) is 15.9. The van der Waals surface area contributed by atoms with Gasteiger partial charge in [-0.3, -0.25) is 0 Å². The SMILES string of the molecule is Oc1cc2c(O)cc1COc1ccc(cc1)COc1ccc3ccccc3c1-c1c(ccc3ccccc13)OCc1ccc(cc1)OC2. The van der Waals surface area contributed by atoms with Gasteiger partial charge in [0.25, 0.3) is 0 Å². The first-order valence-corrected chi connectivity index (χ1v) is 15.9. The molecule has 6 bridgehead atoms. The van der Waals surface area contributed by atoms with Gasteiger partial charge in [-0.05, 0) is 81.2 Å². The molecule has 236 valence electrons. The zero-order valence-electron chi connectivity index (χ0n) is 26.1. The van der Waals surface area contributed by atoms with Crippen LogP contribution in [0.3, 0.4) is 0 Å². The molecule has 0 unspecified atom stereocenters. The van der Waals surface area contributed by atoms with Crippen molar-refractivity contribution in [2.45, 2.75) is 26.4 Å². The van der Waals surface area contributed by atoms with E-state index in [0.717, 1.165) is 55.3 Å². The van der Waals surface area contributed by atoms with Crippen LogP contribution < -0.4 is 18.9 Å². The average molecular weight is 633 g/mol. The lowest BCUT2D eigenvalue weighted by Crippen LogP contribution is -2.02. The zero-order valence-corrected chi connectivity index (χ0v) is 26.1. The number of phenols is 2. The minimum Gasteiger partial charge on any atom is -0.508 e. The van der Waals surface area contributed by atoms with Crippen LogP contribution >= 0.6 is 0 Å². The number of hydrogen-bond acceptors (Lipinski definition) is 6. The van der Waals surface area contributed by atoms with Crippen molar-refractivity contribution in [1.82, 2.24) is 0 Å². The van der Waals surface area contributed by atoms with Gasteiger partial charge < -0.3 is 29.2 Å². The topological polar surface area (TPSA) is 77.4 Å². The summed E-state index contributed by atoms with van der Waals surface area (Å²) in [4.78, 5) is 0. The van der Waals surface area contributed by atoms with Gasteiger partial charge in [-0.1, -0.05) is 84.9 Å². The molecule has 0 saturated carbocycles. The molecule has 0 fully saturated rings. The first kappa shape index (κ1) is 29.3. The molecule has 6 nitrogen and oxygen atoms in total. The van der Waals surface area contributed by atoms with E-state index in [4.69, 9.17) is 18.9 Å². The van der Waals surface area contributed by atoms with E-state index >= 15 is 0 Å². The van der Waals surface area contributed by atoms with Gasteiger partial charge in [0.15, 0.2) is 0 Å². The minimum atomic E-state index is 0.0256. The van der Waals surface area contributed by atoms with E-state index in [1.807, 2.05) is 72.8 Å². The number of phenolic OH excluding ortho intramolecular Hbond substituents is 2. The number of aromatic hydroxyl groups is 2. The lowest BCUT2D eigenvalue weighted by atomic mass is 9.92.